The van der Waals surface area contributed by atoms with Crippen LogP contribution >= 0.6 is 11.3 Å². The Morgan fingerprint density at radius 2 is 1.96 bits per heavy atom. The summed E-state index contributed by atoms with van der Waals surface area (Å²) < 4.78 is 38.0. The molecular weight excluding hydrogens is 363 g/mol. The van der Waals surface area contributed by atoms with Crippen LogP contribution in [0.3, 0.4) is 0 Å². The van der Waals surface area contributed by atoms with Gasteiger partial charge in [-0.25, -0.2) is 4.98 Å². The van der Waals surface area contributed by atoms with E-state index in [-0.39, 0.29) is 11.3 Å². The highest BCUT2D eigenvalue weighted by Gasteiger charge is 2.38. The molecule has 0 radical (unpaired) electrons. The number of nitriles is 1. The minimum absolute atomic E-state index is 0.0114. The predicted molar refractivity (Wildman–Crippen MR) is 94.2 cm³/mol. The molecule has 130 valence electrons. The first-order valence-corrected chi connectivity index (χ1v) is 8.14. The summed E-state index contributed by atoms with van der Waals surface area (Å²) in [7, 11) is 0. The summed E-state index contributed by atoms with van der Waals surface area (Å²) in [5.41, 5.74) is 1.51. The molecule has 0 unspecified atom stereocenters. The first-order valence-electron chi connectivity index (χ1n) is 7.33. The number of benzene rings is 2. The second kappa shape index (κ2) is 6.98. The molecule has 0 saturated carbocycles. The molecule has 26 heavy (non-hydrogen) atoms. The second-order valence-electron chi connectivity index (χ2n) is 5.23. The van der Waals surface area contributed by atoms with Gasteiger partial charge < -0.3 is 5.32 Å². The summed E-state index contributed by atoms with van der Waals surface area (Å²) in [6.45, 7) is 0. The van der Waals surface area contributed by atoms with Gasteiger partial charge in [-0.05, 0) is 35.9 Å². The molecule has 0 aliphatic heterocycles. The number of halogens is 3. The van der Waals surface area contributed by atoms with Crippen molar-refractivity contribution in [2.24, 2.45) is 0 Å². The molecule has 0 aliphatic carbocycles. The average Bonchev–Trinajstić information content (AvgIpc) is 3.03. The van der Waals surface area contributed by atoms with E-state index in [0.29, 0.717) is 10.6 Å². The van der Waals surface area contributed by atoms with Gasteiger partial charge in [-0.3, -0.25) is 4.79 Å². The molecule has 0 atom stereocenters. The largest absolute Gasteiger partial charge is 0.471 e. The van der Waals surface area contributed by atoms with Crippen LogP contribution in [0.15, 0.2) is 48.5 Å². The van der Waals surface area contributed by atoms with Crippen LogP contribution in [0, 0.1) is 11.3 Å². The lowest BCUT2D eigenvalue weighted by atomic mass is 10.1. The standard InChI is InChI=1S/C18H10F3N3OS/c19-18(20,21)17(25)23-13-5-3-4-11(9-13)8-12(10-22)16-24-14-6-1-2-7-15(14)26-16/h1-9H,(H,23,25). The molecule has 0 aliphatic rings. The van der Waals surface area contributed by atoms with Crippen molar-refractivity contribution >= 4 is 44.8 Å². The summed E-state index contributed by atoms with van der Waals surface area (Å²) in [6.07, 6.45) is -3.45. The number of anilines is 1. The van der Waals surface area contributed by atoms with Gasteiger partial charge in [0.2, 0.25) is 0 Å². The van der Waals surface area contributed by atoms with Crippen LogP contribution in [0.4, 0.5) is 18.9 Å². The lowest BCUT2D eigenvalue weighted by Crippen LogP contribution is -2.29. The lowest BCUT2D eigenvalue weighted by Gasteiger charge is -2.08. The lowest BCUT2D eigenvalue weighted by molar-refractivity contribution is -0.167. The van der Waals surface area contributed by atoms with E-state index in [1.165, 1.54) is 35.6 Å². The minimum Gasteiger partial charge on any atom is -0.318 e. The van der Waals surface area contributed by atoms with Crippen LogP contribution in [-0.2, 0) is 4.79 Å². The third kappa shape index (κ3) is 3.90. The van der Waals surface area contributed by atoms with Gasteiger partial charge in [0.1, 0.15) is 11.1 Å². The number of rotatable bonds is 3. The highest BCUT2D eigenvalue weighted by molar-refractivity contribution is 7.19. The van der Waals surface area contributed by atoms with Crippen molar-refractivity contribution in [3.05, 3.63) is 59.1 Å². The molecule has 1 N–H and O–H groups in total. The van der Waals surface area contributed by atoms with Gasteiger partial charge >= 0.3 is 12.1 Å². The van der Waals surface area contributed by atoms with E-state index in [1.54, 1.807) is 11.4 Å². The fourth-order valence-corrected chi connectivity index (χ4v) is 3.14. The third-order valence-corrected chi connectivity index (χ3v) is 4.43. The number of thiazole rings is 1. The Morgan fingerprint density at radius 1 is 1.19 bits per heavy atom. The zero-order valence-electron chi connectivity index (χ0n) is 13.0. The van der Waals surface area contributed by atoms with Gasteiger partial charge in [0, 0.05) is 5.69 Å². The highest BCUT2D eigenvalue weighted by Crippen LogP contribution is 2.28. The molecule has 0 spiro atoms. The summed E-state index contributed by atoms with van der Waals surface area (Å²) in [5, 5.41) is 11.7. The fraction of sp³-hybridized carbons (Fsp3) is 0.0556. The average molecular weight is 373 g/mol. The van der Waals surface area contributed by atoms with Crippen molar-refractivity contribution < 1.29 is 18.0 Å². The molecule has 3 aromatic rings. The van der Waals surface area contributed by atoms with E-state index in [4.69, 9.17) is 0 Å². The number of fused-ring (bicyclic) bond motifs is 1. The Hall–Kier alpha value is -3.18. The Morgan fingerprint density at radius 3 is 2.65 bits per heavy atom. The van der Waals surface area contributed by atoms with Crippen LogP contribution in [0.5, 0.6) is 0 Å². The number of hydrogen-bond donors (Lipinski definition) is 1. The molecule has 3 rings (SSSR count). The first-order chi connectivity index (χ1) is 12.4. The van der Waals surface area contributed by atoms with E-state index in [9.17, 15) is 23.2 Å². The van der Waals surface area contributed by atoms with Crippen molar-refractivity contribution in [1.29, 1.82) is 5.26 Å². The Bertz CT molecular complexity index is 1010. The van der Waals surface area contributed by atoms with Gasteiger partial charge in [0.05, 0.1) is 15.8 Å². The maximum atomic E-state index is 12.3. The molecule has 0 fully saturated rings. The number of carbonyl (C=O) groups excluding carboxylic acids is 1. The van der Waals surface area contributed by atoms with Gasteiger partial charge in [-0.1, -0.05) is 24.3 Å². The predicted octanol–water partition coefficient (Wildman–Crippen LogP) is 4.86. The number of nitrogens with zero attached hydrogens (tertiary/aromatic N) is 2. The number of amides is 1. The molecule has 1 amide bonds. The van der Waals surface area contributed by atoms with Crippen LogP contribution in [-0.4, -0.2) is 17.1 Å². The second-order valence-corrected chi connectivity index (χ2v) is 6.26. The van der Waals surface area contributed by atoms with Gasteiger partial charge in [-0.2, -0.15) is 18.4 Å². The normalized spacial score (nSPS) is 12.0. The molecule has 2 aromatic carbocycles. The topological polar surface area (TPSA) is 65.8 Å². The summed E-state index contributed by atoms with van der Waals surface area (Å²) in [5.74, 6) is -2.05. The van der Waals surface area contributed by atoms with Crippen LogP contribution in [0.2, 0.25) is 0 Å². The van der Waals surface area contributed by atoms with Crippen molar-refractivity contribution in [1.82, 2.24) is 4.98 Å². The van der Waals surface area contributed by atoms with E-state index < -0.39 is 12.1 Å². The number of nitrogens with one attached hydrogen (secondary N) is 1. The number of allylic oxidation sites excluding steroid dienone is 1. The summed E-state index contributed by atoms with van der Waals surface area (Å²) in [4.78, 5) is 15.4. The Labute approximate surface area is 150 Å². The first kappa shape index (κ1) is 17.6. The minimum atomic E-state index is -4.97. The molecule has 8 heteroatoms. The number of aromatic nitrogens is 1. The zero-order chi connectivity index (χ0) is 18.7. The Kier molecular flexibility index (Phi) is 4.73. The highest BCUT2D eigenvalue weighted by atomic mass is 32.1. The smallest absolute Gasteiger partial charge is 0.318 e. The quantitative estimate of drug-likeness (QED) is 0.667. The van der Waals surface area contributed by atoms with E-state index >= 15 is 0 Å². The molecule has 4 nitrogen and oxygen atoms in total. The number of alkyl halides is 3. The van der Waals surface area contributed by atoms with Crippen molar-refractivity contribution in [2.45, 2.75) is 6.18 Å². The maximum Gasteiger partial charge on any atom is 0.471 e. The molecule has 0 bridgehead atoms. The van der Waals surface area contributed by atoms with E-state index in [1.807, 2.05) is 24.3 Å². The van der Waals surface area contributed by atoms with Gasteiger partial charge in [0.25, 0.3) is 0 Å². The molecule has 1 heterocycles. The van der Waals surface area contributed by atoms with Crippen LogP contribution in [0.25, 0.3) is 21.9 Å². The third-order valence-electron chi connectivity index (χ3n) is 3.36. The fourth-order valence-electron chi connectivity index (χ4n) is 2.20. The van der Waals surface area contributed by atoms with E-state index in [0.717, 1.165) is 10.2 Å². The van der Waals surface area contributed by atoms with Gasteiger partial charge in [0.15, 0.2) is 0 Å². The zero-order valence-corrected chi connectivity index (χ0v) is 13.9. The van der Waals surface area contributed by atoms with Crippen LogP contribution < -0.4 is 5.32 Å². The molecule has 0 saturated heterocycles. The maximum absolute atomic E-state index is 12.3. The summed E-state index contributed by atoms with van der Waals surface area (Å²) >= 11 is 1.35. The van der Waals surface area contributed by atoms with Gasteiger partial charge in [-0.15, -0.1) is 11.3 Å². The SMILES string of the molecule is N#CC(=Cc1cccc(NC(=O)C(F)(F)F)c1)c1nc2ccccc2s1. The van der Waals surface area contributed by atoms with Crippen molar-refractivity contribution in [3.63, 3.8) is 0 Å². The Balaban J connectivity index is 1.91. The van der Waals surface area contributed by atoms with Crippen molar-refractivity contribution in [2.75, 3.05) is 5.32 Å². The number of hydrogen-bond acceptors (Lipinski definition) is 4. The van der Waals surface area contributed by atoms with E-state index in [2.05, 4.69) is 11.1 Å². The molecular formula is C18H10F3N3OS. The summed E-state index contributed by atoms with van der Waals surface area (Å²) in [6, 6.07) is 15.3. The monoisotopic (exact) mass is 373 g/mol. The number of para-hydroxylation sites is 1. The number of carbonyl (C=O) groups is 1. The van der Waals surface area contributed by atoms with Crippen LogP contribution in [0.1, 0.15) is 10.6 Å². The van der Waals surface area contributed by atoms with Crippen molar-refractivity contribution in [3.8, 4) is 6.07 Å². The molecule has 1 aromatic heterocycles.